The summed E-state index contributed by atoms with van der Waals surface area (Å²) in [6, 6.07) is 14.6. The Morgan fingerprint density at radius 3 is 2.19 bits per heavy atom. The van der Waals surface area contributed by atoms with Gasteiger partial charge in [0.25, 0.3) is 0 Å². The first kappa shape index (κ1) is 19.3. The van der Waals surface area contributed by atoms with Crippen molar-refractivity contribution < 1.29 is 39.4 Å². The fourth-order valence-corrected chi connectivity index (χ4v) is 2.65. The van der Waals surface area contributed by atoms with E-state index in [4.69, 9.17) is 14.2 Å². The minimum absolute atomic E-state index is 0.0864. The van der Waals surface area contributed by atoms with Crippen molar-refractivity contribution in [3.05, 3.63) is 60.2 Å². The van der Waals surface area contributed by atoms with E-state index in [0.29, 0.717) is 5.56 Å². The number of aliphatic hydroxyl groups is 4. The molecular formula is C19H20O8. The number of rotatable bonds is 5. The zero-order valence-electron chi connectivity index (χ0n) is 14.2. The van der Waals surface area contributed by atoms with E-state index in [0.717, 1.165) is 0 Å². The predicted molar refractivity (Wildman–Crippen MR) is 92.2 cm³/mol. The van der Waals surface area contributed by atoms with Crippen LogP contribution in [0, 0.1) is 0 Å². The highest BCUT2D eigenvalue weighted by Crippen LogP contribution is 2.31. The van der Waals surface area contributed by atoms with Gasteiger partial charge < -0.3 is 34.6 Å². The van der Waals surface area contributed by atoms with Crippen molar-refractivity contribution in [1.82, 2.24) is 0 Å². The monoisotopic (exact) mass is 376 g/mol. The molecule has 2 aromatic rings. The number of aliphatic hydroxyl groups excluding tert-OH is 4. The molecule has 0 aromatic heterocycles. The van der Waals surface area contributed by atoms with Crippen LogP contribution in [-0.4, -0.2) is 63.7 Å². The second-order valence-corrected chi connectivity index (χ2v) is 6.02. The molecule has 0 bridgehead atoms. The maximum atomic E-state index is 12.3. The standard InChI is InChI=1S/C19H20O8/c20-10-14-15(21)16(22)17(23)19(27-14)26-13-9-5-4-8-12(13)25-18(24)11-6-2-1-3-7-11/h1-9,14-17,19-23H,10H2/t14-,15-,16+,17-,19-/m1/s1. The highest BCUT2D eigenvalue weighted by Gasteiger charge is 2.44. The highest BCUT2D eigenvalue weighted by molar-refractivity contribution is 5.91. The van der Waals surface area contributed by atoms with Crippen molar-refractivity contribution in [3.8, 4) is 11.5 Å². The third kappa shape index (κ3) is 4.26. The molecule has 144 valence electrons. The van der Waals surface area contributed by atoms with Crippen LogP contribution >= 0.6 is 0 Å². The first-order valence-corrected chi connectivity index (χ1v) is 8.34. The molecule has 0 radical (unpaired) electrons. The lowest BCUT2D eigenvalue weighted by molar-refractivity contribution is -0.277. The van der Waals surface area contributed by atoms with Crippen LogP contribution < -0.4 is 9.47 Å². The highest BCUT2D eigenvalue weighted by atomic mass is 16.7. The number of carbonyl (C=O) groups is 1. The third-order valence-electron chi connectivity index (χ3n) is 4.15. The molecule has 0 spiro atoms. The minimum Gasteiger partial charge on any atom is -0.458 e. The predicted octanol–water partition coefficient (Wildman–Crippen LogP) is 0.0845. The van der Waals surface area contributed by atoms with Gasteiger partial charge in [0.1, 0.15) is 24.4 Å². The molecule has 4 N–H and O–H groups in total. The lowest BCUT2D eigenvalue weighted by atomic mass is 9.99. The largest absolute Gasteiger partial charge is 0.458 e. The summed E-state index contributed by atoms with van der Waals surface area (Å²) in [5.74, 6) is -0.421. The molecule has 8 heteroatoms. The van der Waals surface area contributed by atoms with Crippen LogP contribution in [0.2, 0.25) is 0 Å². The van der Waals surface area contributed by atoms with Gasteiger partial charge in [0.15, 0.2) is 11.5 Å². The summed E-state index contributed by atoms with van der Waals surface area (Å²) in [6.45, 7) is -0.574. The normalized spacial score (nSPS) is 27.8. The first-order chi connectivity index (χ1) is 13.0. The Morgan fingerprint density at radius 2 is 1.52 bits per heavy atom. The van der Waals surface area contributed by atoms with Crippen LogP contribution in [0.1, 0.15) is 10.4 Å². The Labute approximate surface area is 155 Å². The summed E-state index contributed by atoms with van der Waals surface area (Å²) >= 11 is 0. The number of carbonyl (C=O) groups excluding carboxylic acids is 1. The quantitative estimate of drug-likeness (QED) is 0.427. The van der Waals surface area contributed by atoms with E-state index < -0.39 is 43.3 Å². The Kier molecular flexibility index (Phi) is 6.04. The molecule has 1 heterocycles. The van der Waals surface area contributed by atoms with E-state index in [1.807, 2.05) is 0 Å². The van der Waals surface area contributed by atoms with Gasteiger partial charge in [-0.1, -0.05) is 30.3 Å². The Hall–Kier alpha value is -2.49. The van der Waals surface area contributed by atoms with Crippen molar-refractivity contribution in [3.63, 3.8) is 0 Å². The third-order valence-corrected chi connectivity index (χ3v) is 4.15. The first-order valence-electron chi connectivity index (χ1n) is 8.34. The maximum absolute atomic E-state index is 12.3. The van der Waals surface area contributed by atoms with E-state index in [9.17, 15) is 25.2 Å². The lowest BCUT2D eigenvalue weighted by Crippen LogP contribution is -2.60. The molecule has 2 aromatic carbocycles. The average Bonchev–Trinajstić information content (AvgIpc) is 2.70. The summed E-state index contributed by atoms with van der Waals surface area (Å²) in [5, 5.41) is 39.0. The topological polar surface area (TPSA) is 126 Å². The van der Waals surface area contributed by atoms with Crippen LogP contribution in [0.5, 0.6) is 11.5 Å². The molecule has 0 saturated carbocycles. The van der Waals surface area contributed by atoms with Crippen LogP contribution in [0.25, 0.3) is 0 Å². The summed E-state index contributed by atoms with van der Waals surface area (Å²) in [5.41, 5.74) is 0.347. The summed E-state index contributed by atoms with van der Waals surface area (Å²) in [7, 11) is 0. The van der Waals surface area contributed by atoms with Crippen LogP contribution in [0.3, 0.4) is 0 Å². The van der Waals surface area contributed by atoms with E-state index in [-0.39, 0.29) is 11.5 Å². The summed E-state index contributed by atoms with van der Waals surface area (Å²) in [4.78, 5) is 12.3. The fourth-order valence-electron chi connectivity index (χ4n) is 2.65. The fraction of sp³-hybridized carbons (Fsp3) is 0.316. The second kappa shape index (κ2) is 8.47. The average molecular weight is 376 g/mol. The second-order valence-electron chi connectivity index (χ2n) is 6.02. The van der Waals surface area contributed by atoms with Gasteiger partial charge in [0.2, 0.25) is 6.29 Å². The Morgan fingerprint density at radius 1 is 0.889 bits per heavy atom. The molecule has 0 aliphatic carbocycles. The molecule has 0 unspecified atom stereocenters. The van der Waals surface area contributed by atoms with E-state index in [1.165, 1.54) is 12.1 Å². The maximum Gasteiger partial charge on any atom is 0.343 e. The minimum atomic E-state index is -1.57. The van der Waals surface area contributed by atoms with E-state index in [2.05, 4.69) is 0 Å². The number of esters is 1. The van der Waals surface area contributed by atoms with E-state index in [1.54, 1.807) is 42.5 Å². The van der Waals surface area contributed by atoms with Gasteiger partial charge in [0, 0.05) is 0 Å². The molecule has 1 saturated heterocycles. The zero-order valence-corrected chi connectivity index (χ0v) is 14.2. The molecular weight excluding hydrogens is 356 g/mol. The van der Waals surface area contributed by atoms with Crippen molar-refractivity contribution in [2.45, 2.75) is 30.7 Å². The molecule has 8 nitrogen and oxygen atoms in total. The van der Waals surface area contributed by atoms with Crippen molar-refractivity contribution in [1.29, 1.82) is 0 Å². The smallest absolute Gasteiger partial charge is 0.343 e. The van der Waals surface area contributed by atoms with Crippen LogP contribution in [0.4, 0.5) is 0 Å². The molecule has 5 atom stereocenters. The summed E-state index contributed by atoms with van der Waals surface area (Å²) < 4.78 is 16.2. The molecule has 1 fully saturated rings. The van der Waals surface area contributed by atoms with Gasteiger partial charge in [0.05, 0.1) is 12.2 Å². The van der Waals surface area contributed by atoms with Gasteiger partial charge in [-0.2, -0.15) is 0 Å². The number of hydrogen-bond acceptors (Lipinski definition) is 8. The molecule has 27 heavy (non-hydrogen) atoms. The van der Waals surface area contributed by atoms with Crippen LogP contribution in [-0.2, 0) is 4.74 Å². The molecule has 3 rings (SSSR count). The molecule has 0 amide bonds. The number of hydrogen-bond donors (Lipinski definition) is 4. The number of ether oxygens (including phenoxy) is 3. The van der Waals surface area contributed by atoms with Crippen molar-refractivity contribution >= 4 is 5.97 Å². The molecule has 1 aliphatic rings. The number of para-hydroxylation sites is 2. The SMILES string of the molecule is O=C(Oc1ccccc1O[C@@H]1O[C@H](CO)[C@@H](O)[C@H](O)[C@H]1O)c1ccccc1. The van der Waals surface area contributed by atoms with E-state index >= 15 is 0 Å². The lowest BCUT2D eigenvalue weighted by Gasteiger charge is -2.39. The van der Waals surface area contributed by atoms with Crippen LogP contribution in [0.15, 0.2) is 54.6 Å². The van der Waals surface area contributed by atoms with Gasteiger partial charge in [-0.3, -0.25) is 0 Å². The van der Waals surface area contributed by atoms with Gasteiger partial charge in [-0.25, -0.2) is 4.79 Å². The Balaban J connectivity index is 1.77. The molecule has 1 aliphatic heterocycles. The van der Waals surface area contributed by atoms with Crippen molar-refractivity contribution in [2.75, 3.05) is 6.61 Å². The van der Waals surface area contributed by atoms with Gasteiger partial charge >= 0.3 is 5.97 Å². The zero-order chi connectivity index (χ0) is 19.4. The van der Waals surface area contributed by atoms with Crippen molar-refractivity contribution in [2.24, 2.45) is 0 Å². The van der Waals surface area contributed by atoms with Gasteiger partial charge in [-0.05, 0) is 24.3 Å². The number of benzene rings is 2. The Bertz CT molecular complexity index is 763. The van der Waals surface area contributed by atoms with Gasteiger partial charge in [-0.15, -0.1) is 0 Å². The summed E-state index contributed by atoms with van der Waals surface area (Å²) in [6.07, 6.45) is -7.11.